The second kappa shape index (κ2) is 7.11. The Morgan fingerprint density at radius 3 is 2.87 bits per heavy atom. The monoisotopic (exact) mass is 344 g/mol. The molecule has 0 unspecified atom stereocenters. The Morgan fingerprint density at radius 1 is 1.22 bits per heavy atom. The smallest absolute Gasteiger partial charge is 0.224 e. The quantitative estimate of drug-likeness (QED) is 0.689. The Kier molecular flexibility index (Phi) is 4.94. The third kappa shape index (κ3) is 3.89. The molecule has 118 valence electrons. The molecule has 0 radical (unpaired) electrons. The van der Waals surface area contributed by atoms with Crippen LogP contribution in [-0.2, 0) is 11.2 Å². The largest absolute Gasteiger partial charge is 0.326 e. The lowest BCUT2D eigenvalue weighted by atomic mass is 10.2. The number of nitrogens with one attached hydrogen (secondary N) is 1. The Bertz CT molecular complexity index is 811. The molecule has 23 heavy (non-hydrogen) atoms. The van der Waals surface area contributed by atoms with Gasteiger partial charge in [0.2, 0.25) is 5.91 Å². The molecule has 1 N–H and O–H groups in total. The fourth-order valence-electron chi connectivity index (χ4n) is 2.38. The number of fused-ring (bicyclic) bond motifs is 1. The predicted molar refractivity (Wildman–Crippen MR) is 97.4 cm³/mol. The van der Waals surface area contributed by atoms with E-state index in [2.05, 4.69) is 16.4 Å². The van der Waals surface area contributed by atoms with Gasteiger partial charge in [-0.15, -0.1) is 11.3 Å². The zero-order valence-electron chi connectivity index (χ0n) is 12.8. The van der Waals surface area contributed by atoms with Crippen molar-refractivity contribution in [3.63, 3.8) is 0 Å². The molecule has 0 saturated heterocycles. The predicted octanol–water partition coefficient (Wildman–Crippen LogP) is 5.22. The summed E-state index contributed by atoms with van der Waals surface area (Å²) in [6.07, 6.45) is 2.08. The molecular formula is C18H17ClN2OS. The number of nitrogens with zero attached hydrogens (tertiary/aromatic N) is 1. The van der Waals surface area contributed by atoms with Crippen molar-refractivity contribution in [2.75, 3.05) is 5.32 Å². The summed E-state index contributed by atoms with van der Waals surface area (Å²) in [4.78, 5) is 16.7. The summed E-state index contributed by atoms with van der Waals surface area (Å²) < 4.78 is 1.20. The summed E-state index contributed by atoms with van der Waals surface area (Å²) in [5.41, 5.74) is 2.71. The molecule has 0 saturated carbocycles. The van der Waals surface area contributed by atoms with Crippen LogP contribution in [0.4, 0.5) is 5.69 Å². The van der Waals surface area contributed by atoms with E-state index in [-0.39, 0.29) is 5.91 Å². The van der Waals surface area contributed by atoms with Crippen LogP contribution in [0, 0.1) is 6.92 Å². The first-order chi connectivity index (χ1) is 11.1. The lowest BCUT2D eigenvalue weighted by Crippen LogP contribution is -2.12. The topological polar surface area (TPSA) is 42.0 Å². The van der Waals surface area contributed by atoms with Crippen LogP contribution in [0.1, 0.15) is 23.4 Å². The van der Waals surface area contributed by atoms with Crippen LogP contribution in [0.15, 0.2) is 42.5 Å². The first kappa shape index (κ1) is 16.0. The van der Waals surface area contributed by atoms with Crippen LogP contribution in [0.5, 0.6) is 0 Å². The van der Waals surface area contributed by atoms with Gasteiger partial charge in [0.15, 0.2) is 0 Å². The summed E-state index contributed by atoms with van der Waals surface area (Å²) >= 11 is 7.76. The molecule has 3 rings (SSSR count). The van der Waals surface area contributed by atoms with Crippen molar-refractivity contribution < 1.29 is 4.79 Å². The van der Waals surface area contributed by atoms with Crippen molar-refractivity contribution in [2.45, 2.75) is 26.2 Å². The molecule has 0 aliphatic heterocycles. The van der Waals surface area contributed by atoms with E-state index in [0.717, 1.165) is 34.6 Å². The number of carbonyl (C=O) groups excluding carboxylic acids is 1. The third-order valence-corrected chi connectivity index (χ3v) is 5.18. The standard InChI is InChI=1S/C18H17ClN2OS/c1-12-13(19)6-4-8-14(12)20-17(22)10-5-11-18-21-15-7-2-3-9-16(15)23-18/h2-4,6-9H,5,10-11H2,1H3,(H,20,22). The van der Waals surface area contributed by atoms with Crippen LogP contribution in [0.2, 0.25) is 5.02 Å². The minimum absolute atomic E-state index is 0.0106. The molecular weight excluding hydrogens is 328 g/mol. The van der Waals surface area contributed by atoms with E-state index >= 15 is 0 Å². The molecule has 5 heteroatoms. The average Bonchev–Trinajstić information content (AvgIpc) is 2.94. The van der Waals surface area contributed by atoms with Crippen LogP contribution >= 0.6 is 22.9 Å². The molecule has 0 aliphatic rings. The molecule has 0 aliphatic carbocycles. The Labute approximate surface area is 144 Å². The zero-order valence-corrected chi connectivity index (χ0v) is 14.4. The van der Waals surface area contributed by atoms with Crippen molar-refractivity contribution >= 4 is 44.7 Å². The minimum atomic E-state index is 0.0106. The number of hydrogen-bond acceptors (Lipinski definition) is 3. The van der Waals surface area contributed by atoms with Crippen LogP contribution in [-0.4, -0.2) is 10.9 Å². The molecule has 3 aromatic rings. The number of halogens is 1. The van der Waals surface area contributed by atoms with Gasteiger partial charge in [-0.2, -0.15) is 0 Å². The number of amides is 1. The summed E-state index contributed by atoms with van der Waals surface area (Å²) in [5, 5.41) is 4.67. The molecule has 3 nitrogen and oxygen atoms in total. The Balaban J connectivity index is 1.54. The lowest BCUT2D eigenvalue weighted by Gasteiger charge is -2.09. The number of aryl methyl sites for hydroxylation is 1. The Hall–Kier alpha value is -1.91. The molecule has 2 aromatic carbocycles. The highest BCUT2D eigenvalue weighted by molar-refractivity contribution is 7.18. The van der Waals surface area contributed by atoms with Gasteiger partial charge < -0.3 is 5.32 Å². The lowest BCUT2D eigenvalue weighted by molar-refractivity contribution is -0.116. The molecule has 0 spiro atoms. The van der Waals surface area contributed by atoms with E-state index in [0.29, 0.717) is 11.4 Å². The first-order valence-electron chi connectivity index (χ1n) is 7.53. The van der Waals surface area contributed by atoms with Gasteiger partial charge in [0.1, 0.15) is 0 Å². The molecule has 0 fully saturated rings. The van der Waals surface area contributed by atoms with Gasteiger partial charge in [0, 0.05) is 17.1 Å². The number of benzene rings is 2. The molecule has 0 atom stereocenters. The van der Waals surface area contributed by atoms with Crippen molar-refractivity contribution in [3.8, 4) is 0 Å². The van der Waals surface area contributed by atoms with E-state index in [1.54, 1.807) is 11.3 Å². The SMILES string of the molecule is Cc1c(Cl)cccc1NC(=O)CCCc1nc2ccccc2s1. The van der Waals surface area contributed by atoms with E-state index in [4.69, 9.17) is 11.6 Å². The van der Waals surface area contributed by atoms with Gasteiger partial charge in [-0.25, -0.2) is 4.98 Å². The number of thiazole rings is 1. The Morgan fingerprint density at radius 2 is 2.04 bits per heavy atom. The van der Waals surface area contributed by atoms with E-state index in [1.165, 1.54) is 4.70 Å². The fraction of sp³-hybridized carbons (Fsp3) is 0.222. The van der Waals surface area contributed by atoms with E-state index in [9.17, 15) is 4.79 Å². The maximum absolute atomic E-state index is 12.1. The van der Waals surface area contributed by atoms with Gasteiger partial charge >= 0.3 is 0 Å². The van der Waals surface area contributed by atoms with Gasteiger partial charge in [0.25, 0.3) is 0 Å². The number of hydrogen-bond donors (Lipinski definition) is 1. The van der Waals surface area contributed by atoms with Crippen molar-refractivity contribution in [3.05, 3.63) is 58.1 Å². The number of rotatable bonds is 5. The highest BCUT2D eigenvalue weighted by Crippen LogP contribution is 2.24. The highest BCUT2D eigenvalue weighted by Gasteiger charge is 2.08. The van der Waals surface area contributed by atoms with Crippen LogP contribution < -0.4 is 5.32 Å². The maximum atomic E-state index is 12.1. The number of carbonyl (C=O) groups is 1. The fourth-order valence-corrected chi connectivity index (χ4v) is 3.57. The number of aromatic nitrogens is 1. The van der Waals surface area contributed by atoms with Gasteiger partial charge in [-0.3, -0.25) is 4.79 Å². The number of anilines is 1. The van der Waals surface area contributed by atoms with Gasteiger partial charge in [-0.1, -0.05) is 29.8 Å². The van der Waals surface area contributed by atoms with Crippen molar-refractivity contribution in [1.82, 2.24) is 4.98 Å². The van der Waals surface area contributed by atoms with Crippen molar-refractivity contribution in [1.29, 1.82) is 0 Å². The van der Waals surface area contributed by atoms with Crippen LogP contribution in [0.25, 0.3) is 10.2 Å². The first-order valence-corrected chi connectivity index (χ1v) is 8.72. The molecule has 1 heterocycles. The van der Waals surface area contributed by atoms with E-state index in [1.807, 2.05) is 43.3 Å². The van der Waals surface area contributed by atoms with E-state index < -0.39 is 0 Å². The minimum Gasteiger partial charge on any atom is -0.326 e. The molecule has 0 bridgehead atoms. The summed E-state index contributed by atoms with van der Waals surface area (Å²) in [6, 6.07) is 13.6. The van der Waals surface area contributed by atoms with Crippen LogP contribution in [0.3, 0.4) is 0 Å². The summed E-state index contributed by atoms with van der Waals surface area (Å²) in [5.74, 6) is 0.0106. The second-order valence-corrected chi connectivity index (χ2v) is 6.91. The second-order valence-electron chi connectivity index (χ2n) is 5.39. The highest BCUT2D eigenvalue weighted by atomic mass is 35.5. The normalized spacial score (nSPS) is 10.9. The molecule has 1 aromatic heterocycles. The average molecular weight is 345 g/mol. The third-order valence-electron chi connectivity index (χ3n) is 3.67. The summed E-state index contributed by atoms with van der Waals surface area (Å²) in [7, 11) is 0. The zero-order chi connectivity index (χ0) is 16.2. The van der Waals surface area contributed by atoms with Crippen molar-refractivity contribution in [2.24, 2.45) is 0 Å². The molecule has 1 amide bonds. The summed E-state index contributed by atoms with van der Waals surface area (Å²) in [6.45, 7) is 1.90. The number of para-hydroxylation sites is 1. The van der Waals surface area contributed by atoms with Gasteiger partial charge in [0.05, 0.1) is 15.2 Å². The van der Waals surface area contributed by atoms with Gasteiger partial charge in [-0.05, 0) is 49.6 Å². The maximum Gasteiger partial charge on any atom is 0.224 e.